The van der Waals surface area contributed by atoms with E-state index in [1.807, 2.05) is 0 Å². The highest BCUT2D eigenvalue weighted by molar-refractivity contribution is 5.70. The molecule has 0 saturated heterocycles. The van der Waals surface area contributed by atoms with Crippen molar-refractivity contribution < 1.29 is 47.3 Å². The molecule has 0 radical (unpaired) electrons. The Labute approximate surface area is 493 Å². The predicted octanol–water partition coefficient (Wildman–Crippen LogP) is 18.7. The fraction of sp³-hybridized carbons (Fsp3) is 0.786. The predicted molar refractivity (Wildman–Crippen MR) is 338 cm³/mol. The number of quaternary nitrogens is 1. The molecule has 0 N–H and O–H groups in total. The zero-order chi connectivity index (χ0) is 58.4. The lowest BCUT2D eigenvalue weighted by molar-refractivity contribution is -0.926. The lowest BCUT2D eigenvalue weighted by Crippen LogP contribution is -2.65. The summed E-state index contributed by atoms with van der Waals surface area (Å²) in [5, 5.41) is 0. The van der Waals surface area contributed by atoms with E-state index in [4.69, 9.17) is 28.4 Å². The minimum atomic E-state index is -0.693. The van der Waals surface area contributed by atoms with Crippen molar-refractivity contribution in [3.05, 3.63) is 72.9 Å². The fourth-order valence-corrected chi connectivity index (χ4v) is 9.00. The molecule has 0 aromatic heterocycles. The normalized spacial score (nSPS) is 12.5. The monoisotopic (exact) mass is 1120 g/mol. The average Bonchev–Trinajstić information content (AvgIpc) is 3.47. The van der Waals surface area contributed by atoms with E-state index in [0.717, 1.165) is 96.3 Å². The number of carbonyl (C=O) groups excluding carboxylic acids is 3. The number of likely N-dealkylation sites (N-methyl/N-ethyl adjacent to an activating group) is 1. The summed E-state index contributed by atoms with van der Waals surface area (Å²) < 4.78 is 35.7. The molecule has 0 aromatic carbocycles. The van der Waals surface area contributed by atoms with E-state index in [2.05, 4.69) is 115 Å². The van der Waals surface area contributed by atoms with Gasteiger partial charge in [0, 0.05) is 0 Å². The Bertz CT molecular complexity index is 1390. The molecule has 0 rings (SSSR count). The van der Waals surface area contributed by atoms with E-state index in [9.17, 15) is 14.4 Å². The van der Waals surface area contributed by atoms with Gasteiger partial charge in [-0.1, -0.05) is 209 Å². The van der Waals surface area contributed by atoms with Gasteiger partial charge < -0.3 is 32.9 Å². The first-order chi connectivity index (χ1) is 39.1. The first-order valence-corrected chi connectivity index (χ1v) is 33.0. The van der Waals surface area contributed by atoms with Crippen LogP contribution >= 0.6 is 0 Å². The number of hydrogen-bond donors (Lipinski definition) is 0. The van der Waals surface area contributed by atoms with Crippen LogP contribution in [0.1, 0.15) is 271 Å². The highest BCUT2D eigenvalue weighted by atomic mass is 16.5. The topological polar surface area (TPSA) is 107 Å². The van der Waals surface area contributed by atoms with Crippen molar-refractivity contribution in [2.24, 2.45) is 0 Å². The molecular weight excluding hydrogens is 999 g/mol. The van der Waals surface area contributed by atoms with Crippen molar-refractivity contribution in [2.75, 3.05) is 80.6 Å². The van der Waals surface area contributed by atoms with Gasteiger partial charge >= 0.3 is 17.9 Å². The van der Waals surface area contributed by atoms with Gasteiger partial charge in [-0.25, -0.2) is 0 Å². The summed E-state index contributed by atoms with van der Waals surface area (Å²) in [6, 6.07) is 0. The van der Waals surface area contributed by atoms with Crippen molar-refractivity contribution in [1.29, 1.82) is 0 Å². The third kappa shape index (κ3) is 54.0. The lowest BCUT2D eigenvalue weighted by atomic mass is 9.99. The molecule has 0 spiro atoms. The summed E-state index contributed by atoms with van der Waals surface area (Å²) in [7, 11) is 6.17. The molecule has 0 aromatic rings. The summed E-state index contributed by atoms with van der Waals surface area (Å²) >= 11 is 0. The van der Waals surface area contributed by atoms with E-state index in [-0.39, 0.29) is 76.8 Å². The van der Waals surface area contributed by atoms with Gasteiger partial charge in [0.2, 0.25) is 0 Å². The maximum Gasteiger partial charge on any atom is 0.308 e. The molecule has 0 aliphatic rings. The van der Waals surface area contributed by atoms with E-state index in [1.54, 1.807) is 0 Å². The van der Waals surface area contributed by atoms with E-state index in [0.29, 0.717) is 24.3 Å². The first kappa shape index (κ1) is 76.7. The van der Waals surface area contributed by atoms with Gasteiger partial charge in [0.15, 0.2) is 5.54 Å². The van der Waals surface area contributed by atoms with Crippen LogP contribution < -0.4 is 0 Å². The van der Waals surface area contributed by atoms with Gasteiger partial charge in [0.05, 0.1) is 80.0 Å². The summed E-state index contributed by atoms with van der Waals surface area (Å²) in [6.45, 7) is 9.34. The Morgan fingerprint density at radius 3 is 0.762 bits per heavy atom. The summed E-state index contributed by atoms with van der Waals surface area (Å²) in [4.78, 5) is 38.1. The Kier molecular flexibility index (Phi) is 57.8. The van der Waals surface area contributed by atoms with Gasteiger partial charge in [0.25, 0.3) is 0 Å². The maximum absolute atomic E-state index is 12.7. The number of rotatable bonds is 61. The van der Waals surface area contributed by atoms with E-state index in [1.165, 1.54) is 135 Å². The highest BCUT2D eigenvalue weighted by Crippen LogP contribution is 2.23. The molecule has 0 aliphatic heterocycles. The molecule has 0 saturated carbocycles. The second-order valence-corrected chi connectivity index (χ2v) is 23.1. The minimum absolute atomic E-state index is 0.152. The van der Waals surface area contributed by atoms with Crippen LogP contribution in [0.15, 0.2) is 72.9 Å². The van der Waals surface area contributed by atoms with E-state index < -0.39 is 5.54 Å². The SMILES string of the molecule is CCCCC/C=C\C/C=C\CCCCCCCCOC(=O)CCOCC(COCCC(=O)OCCCCCCCC/C=C\C/C=C\CCCCC)(COCCC(=O)OCCCCCCCC/C=C\C/C=C\CCCCC)[N+](C)(C)C. The van der Waals surface area contributed by atoms with Gasteiger partial charge in [-0.05, 0) is 116 Å². The van der Waals surface area contributed by atoms with Crippen molar-refractivity contribution in [3.63, 3.8) is 0 Å². The summed E-state index contributed by atoms with van der Waals surface area (Å²) in [5.74, 6) is -0.795. The molecule has 80 heavy (non-hydrogen) atoms. The van der Waals surface area contributed by atoms with Crippen LogP contribution in [0.5, 0.6) is 0 Å². The van der Waals surface area contributed by atoms with Crippen molar-refractivity contribution in [3.8, 4) is 0 Å². The maximum atomic E-state index is 12.7. The zero-order valence-electron chi connectivity index (χ0n) is 53.0. The van der Waals surface area contributed by atoms with Crippen molar-refractivity contribution in [1.82, 2.24) is 0 Å². The van der Waals surface area contributed by atoms with Gasteiger partial charge in [0.1, 0.15) is 19.8 Å². The summed E-state index contributed by atoms with van der Waals surface area (Å²) in [6.07, 6.45) is 70.0. The van der Waals surface area contributed by atoms with Crippen molar-refractivity contribution in [2.45, 2.75) is 277 Å². The van der Waals surface area contributed by atoms with Crippen molar-refractivity contribution >= 4 is 17.9 Å². The molecule has 0 amide bonds. The Hall–Kier alpha value is -3.31. The molecule has 0 heterocycles. The first-order valence-electron chi connectivity index (χ1n) is 33.0. The second-order valence-electron chi connectivity index (χ2n) is 23.1. The van der Waals surface area contributed by atoms with Gasteiger partial charge in [-0.3, -0.25) is 14.4 Å². The molecule has 10 heteroatoms. The number of ether oxygens (including phenoxy) is 6. The number of unbranched alkanes of at least 4 members (excludes halogenated alkanes) is 27. The molecule has 0 bridgehead atoms. The number of allylic oxidation sites excluding steroid dienone is 12. The van der Waals surface area contributed by atoms with Crippen LogP contribution in [0.2, 0.25) is 0 Å². The molecule has 464 valence electrons. The van der Waals surface area contributed by atoms with Gasteiger partial charge in [-0.2, -0.15) is 0 Å². The van der Waals surface area contributed by atoms with E-state index >= 15 is 0 Å². The smallest absolute Gasteiger partial charge is 0.308 e. The van der Waals surface area contributed by atoms with Gasteiger partial charge in [-0.15, -0.1) is 0 Å². The molecule has 0 unspecified atom stereocenters. The third-order valence-electron chi connectivity index (χ3n) is 14.7. The highest BCUT2D eigenvalue weighted by Gasteiger charge is 2.44. The number of nitrogens with zero attached hydrogens (tertiary/aromatic N) is 1. The molecule has 0 fully saturated rings. The molecule has 0 aliphatic carbocycles. The number of hydrogen-bond acceptors (Lipinski definition) is 9. The fourth-order valence-electron chi connectivity index (χ4n) is 9.00. The van der Waals surface area contributed by atoms with Crippen LogP contribution in [0.25, 0.3) is 0 Å². The van der Waals surface area contributed by atoms with Crippen LogP contribution in [-0.4, -0.2) is 109 Å². The number of esters is 3. The molecule has 0 atom stereocenters. The molecule has 10 nitrogen and oxygen atoms in total. The van der Waals surface area contributed by atoms with Crippen LogP contribution in [0.4, 0.5) is 0 Å². The zero-order valence-corrected chi connectivity index (χ0v) is 53.0. The second kappa shape index (κ2) is 60.3. The molecular formula is C70H126NO9+. The van der Waals surface area contributed by atoms with Crippen LogP contribution in [-0.2, 0) is 42.8 Å². The van der Waals surface area contributed by atoms with Crippen LogP contribution in [0, 0.1) is 0 Å². The van der Waals surface area contributed by atoms with Crippen LogP contribution in [0.3, 0.4) is 0 Å². The Morgan fingerprint density at radius 1 is 0.300 bits per heavy atom. The Morgan fingerprint density at radius 2 is 0.525 bits per heavy atom. The number of carbonyl (C=O) groups is 3. The lowest BCUT2D eigenvalue weighted by Gasteiger charge is -2.45. The summed E-state index contributed by atoms with van der Waals surface area (Å²) in [5.41, 5.74) is -0.693. The minimum Gasteiger partial charge on any atom is -0.466 e. The largest absolute Gasteiger partial charge is 0.466 e. The third-order valence-corrected chi connectivity index (χ3v) is 14.7. The average molecular weight is 1130 g/mol. The standard InChI is InChI=1S/C70H126NO9/c1-7-10-13-16-19-22-25-28-31-34-37-40-43-46-49-52-58-78-67(72)55-61-75-64-70(71(4,5)6,65-76-62-56-68(73)79-59-53-50-47-44-41-38-35-32-29-26-23-20-17-14-11-8-2)66-77-63-57-69(74)80-60-54-51-48-45-42-39-36-33-30-27-24-21-18-15-12-9-3/h19-24,28-33H,7-18,25-27,34-66H2,1-6H3/q+1/b22-19-,23-20-,24-21-,31-28-,32-29-,33-30-. The Balaban J connectivity index is 4.75. The quantitative estimate of drug-likeness (QED) is 0.0193.